The van der Waals surface area contributed by atoms with E-state index in [1.165, 1.54) is 37.8 Å². The summed E-state index contributed by atoms with van der Waals surface area (Å²) in [6.45, 7) is 1.12. The lowest BCUT2D eigenvalue weighted by atomic mass is 9.85. The summed E-state index contributed by atoms with van der Waals surface area (Å²) in [5, 5.41) is 9.96. The molecule has 4 nitrogen and oxygen atoms in total. The number of fused-ring (bicyclic) bond motifs is 2. The van der Waals surface area contributed by atoms with E-state index in [2.05, 4.69) is 17.0 Å². The van der Waals surface area contributed by atoms with Gasteiger partial charge in [0.2, 0.25) is 0 Å². The van der Waals surface area contributed by atoms with Crippen LogP contribution in [0.1, 0.15) is 43.8 Å². The Balaban J connectivity index is 1.67. The second-order valence-corrected chi connectivity index (χ2v) is 6.64. The van der Waals surface area contributed by atoms with Crippen LogP contribution in [-0.4, -0.2) is 30.6 Å². The molecule has 112 valence electrons. The molecular weight excluding hydrogens is 264 g/mol. The fourth-order valence-corrected chi connectivity index (χ4v) is 4.39. The molecule has 1 N–H and O–H groups in total. The maximum Gasteiger partial charge on any atom is 0.260 e. The average molecular weight is 286 g/mol. The summed E-state index contributed by atoms with van der Waals surface area (Å²) in [6, 6.07) is 6.75. The Morgan fingerprint density at radius 2 is 2.00 bits per heavy atom. The summed E-state index contributed by atoms with van der Waals surface area (Å²) < 4.78 is 0. The zero-order valence-corrected chi connectivity index (χ0v) is 12.5. The highest BCUT2D eigenvalue weighted by molar-refractivity contribution is 6.03. The molecule has 1 saturated carbocycles. The van der Waals surface area contributed by atoms with Crippen molar-refractivity contribution in [2.45, 2.75) is 44.2 Å². The third kappa shape index (κ3) is 1.89. The van der Waals surface area contributed by atoms with E-state index in [1.54, 1.807) is 11.9 Å². The van der Waals surface area contributed by atoms with E-state index in [1.807, 2.05) is 6.07 Å². The molecule has 4 heteroatoms. The molecule has 0 spiro atoms. The minimum Gasteiger partial charge on any atom is -0.378 e. The first-order valence-corrected chi connectivity index (χ1v) is 8.03. The predicted octanol–water partition coefficient (Wildman–Crippen LogP) is 2.47. The number of hydrogen-bond donors (Lipinski definition) is 1. The van der Waals surface area contributed by atoms with E-state index >= 15 is 0 Å². The fourth-order valence-electron chi connectivity index (χ4n) is 4.39. The Labute approximate surface area is 125 Å². The molecule has 3 unspecified atom stereocenters. The molecule has 2 fully saturated rings. The van der Waals surface area contributed by atoms with Gasteiger partial charge in [-0.05, 0) is 37.3 Å². The summed E-state index contributed by atoms with van der Waals surface area (Å²) in [7, 11) is 1.74. The lowest BCUT2D eigenvalue weighted by Crippen LogP contribution is -2.34. The van der Waals surface area contributed by atoms with Crippen molar-refractivity contribution in [1.82, 2.24) is 0 Å². The number of carbonyl (C=O) groups excluding carboxylic acids is 1. The van der Waals surface area contributed by atoms with E-state index in [0.29, 0.717) is 6.04 Å². The number of aliphatic hydroxyl groups is 1. The van der Waals surface area contributed by atoms with Crippen molar-refractivity contribution in [1.29, 1.82) is 0 Å². The first-order chi connectivity index (χ1) is 10.2. The molecule has 1 amide bonds. The summed E-state index contributed by atoms with van der Waals surface area (Å²) in [6.07, 6.45) is 5.67. The molecule has 0 bridgehead atoms. The molecule has 2 aliphatic heterocycles. The van der Waals surface area contributed by atoms with Crippen LogP contribution in [-0.2, 0) is 4.79 Å². The van der Waals surface area contributed by atoms with Crippen molar-refractivity contribution in [2.24, 2.45) is 5.92 Å². The van der Waals surface area contributed by atoms with Gasteiger partial charge in [-0.3, -0.25) is 4.79 Å². The number of anilines is 2. The molecule has 1 aromatic carbocycles. The number of carbonyl (C=O) groups is 1. The summed E-state index contributed by atoms with van der Waals surface area (Å²) in [5.41, 5.74) is 2.81. The van der Waals surface area contributed by atoms with Gasteiger partial charge in [0.15, 0.2) is 6.10 Å². The second kappa shape index (κ2) is 4.73. The van der Waals surface area contributed by atoms with Crippen molar-refractivity contribution in [3.05, 3.63) is 23.8 Å². The second-order valence-electron chi connectivity index (χ2n) is 6.64. The number of benzene rings is 1. The van der Waals surface area contributed by atoms with Crippen molar-refractivity contribution in [2.75, 3.05) is 23.4 Å². The third-order valence-corrected chi connectivity index (χ3v) is 5.58. The number of aliphatic hydroxyl groups excluding tert-OH is 1. The Morgan fingerprint density at radius 1 is 1.19 bits per heavy atom. The van der Waals surface area contributed by atoms with Crippen LogP contribution >= 0.6 is 0 Å². The number of nitrogens with zero attached hydrogens (tertiary/aromatic N) is 2. The van der Waals surface area contributed by atoms with Gasteiger partial charge in [0.25, 0.3) is 5.91 Å². The van der Waals surface area contributed by atoms with Crippen LogP contribution < -0.4 is 9.80 Å². The van der Waals surface area contributed by atoms with Crippen molar-refractivity contribution >= 4 is 17.3 Å². The first kappa shape index (κ1) is 13.1. The molecule has 0 radical (unpaired) electrons. The quantitative estimate of drug-likeness (QED) is 0.862. The zero-order chi connectivity index (χ0) is 14.6. The molecule has 2 heterocycles. The van der Waals surface area contributed by atoms with Gasteiger partial charge in [-0.1, -0.05) is 18.9 Å². The van der Waals surface area contributed by atoms with Gasteiger partial charge in [-0.15, -0.1) is 0 Å². The Kier molecular flexibility index (Phi) is 2.96. The lowest BCUT2D eigenvalue weighted by Gasteiger charge is -2.33. The highest BCUT2D eigenvalue weighted by atomic mass is 16.3. The molecule has 1 aromatic rings. The topological polar surface area (TPSA) is 43.8 Å². The Bertz CT molecular complexity index is 586. The van der Waals surface area contributed by atoms with Crippen LogP contribution in [0.25, 0.3) is 0 Å². The van der Waals surface area contributed by atoms with E-state index in [9.17, 15) is 9.90 Å². The highest BCUT2D eigenvalue weighted by Gasteiger charge is 2.38. The maximum atomic E-state index is 11.9. The highest BCUT2D eigenvalue weighted by Crippen LogP contribution is 2.42. The van der Waals surface area contributed by atoms with Crippen molar-refractivity contribution < 1.29 is 9.90 Å². The zero-order valence-electron chi connectivity index (χ0n) is 12.5. The van der Waals surface area contributed by atoms with E-state index in [0.717, 1.165) is 23.7 Å². The summed E-state index contributed by atoms with van der Waals surface area (Å²) in [4.78, 5) is 16.0. The van der Waals surface area contributed by atoms with E-state index in [-0.39, 0.29) is 5.91 Å². The predicted molar refractivity (Wildman–Crippen MR) is 82.5 cm³/mol. The van der Waals surface area contributed by atoms with Gasteiger partial charge in [-0.2, -0.15) is 0 Å². The van der Waals surface area contributed by atoms with Gasteiger partial charge < -0.3 is 14.9 Å². The van der Waals surface area contributed by atoms with Gasteiger partial charge in [0, 0.05) is 30.9 Å². The number of rotatable bonds is 1. The Hall–Kier alpha value is -1.55. The van der Waals surface area contributed by atoms with Crippen LogP contribution in [0.5, 0.6) is 0 Å². The van der Waals surface area contributed by atoms with Crippen LogP contribution in [0, 0.1) is 5.92 Å². The monoisotopic (exact) mass is 286 g/mol. The fraction of sp³-hybridized carbons (Fsp3) is 0.588. The van der Waals surface area contributed by atoms with Crippen LogP contribution in [0.4, 0.5) is 11.4 Å². The first-order valence-electron chi connectivity index (χ1n) is 8.03. The molecule has 21 heavy (non-hydrogen) atoms. The standard InChI is InChI=1S/C17H22N2O2/c1-18-15-10-12(6-7-13(15)16(20)17(18)21)19-9-8-11-4-2-3-5-14(11)19/h6-7,10-11,14,16,20H,2-5,8-9H2,1H3. The minimum absolute atomic E-state index is 0.223. The molecule has 1 aliphatic carbocycles. The van der Waals surface area contributed by atoms with Crippen molar-refractivity contribution in [3.63, 3.8) is 0 Å². The largest absolute Gasteiger partial charge is 0.378 e. The van der Waals surface area contributed by atoms with Crippen molar-refractivity contribution in [3.8, 4) is 0 Å². The Morgan fingerprint density at radius 3 is 2.86 bits per heavy atom. The molecule has 4 rings (SSSR count). The molecule has 0 aromatic heterocycles. The van der Waals surface area contributed by atoms with Gasteiger partial charge in [0.1, 0.15) is 0 Å². The lowest BCUT2D eigenvalue weighted by molar-refractivity contribution is -0.125. The van der Waals surface area contributed by atoms with Crippen LogP contribution in [0.2, 0.25) is 0 Å². The van der Waals surface area contributed by atoms with Gasteiger partial charge >= 0.3 is 0 Å². The number of hydrogen-bond acceptors (Lipinski definition) is 3. The summed E-state index contributed by atoms with van der Waals surface area (Å²) >= 11 is 0. The molecular formula is C17H22N2O2. The third-order valence-electron chi connectivity index (χ3n) is 5.58. The van der Waals surface area contributed by atoms with E-state index < -0.39 is 6.10 Å². The van der Waals surface area contributed by atoms with Gasteiger partial charge in [0.05, 0.1) is 5.69 Å². The number of amides is 1. The van der Waals surface area contributed by atoms with E-state index in [4.69, 9.17) is 0 Å². The summed E-state index contributed by atoms with van der Waals surface area (Å²) in [5.74, 6) is 0.621. The minimum atomic E-state index is -0.986. The maximum absolute atomic E-state index is 11.9. The molecule has 1 saturated heterocycles. The smallest absolute Gasteiger partial charge is 0.260 e. The average Bonchev–Trinajstić information content (AvgIpc) is 3.04. The normalized spacial score (nSPS) is 31.5. The van der Waals surface area contributed by atoms with Crippen LogP contribution in [0.15, 0.2) is 18.2 Å². The van der Waals surface area contributed by atoms with Gasteiger partial charge in [-0.25, -0.2) is 0 Å². The van der Waals surface area contributed by atoms with Crippen LogP contribution in [0.3, 0.4) is 0 Å². The SMILES string of the molecule is CN1C(=O)C(O)c2ccc(N3CCC4CCCCC43)cc21. The molecule has 3 aliphatic rings. The molecule has 3 atom stereocenters. The number of likely N-dealkylation sites (N-methyl/N-ethyl adjacent to an activating group) is 1.